The molecule has 0 aliphatic carbocycles. The predicted molar refractivity (Wildman–Crippen MR) is 123 cm³/mol. The first-order chi connectivity index (χ1) is 17.1. The van der Waals surface area contributed by atoms with E-state index in [1.165, 1.54) is 18.3 Å². The lowest BCUT2D eigenvalue weighted by atomic mass is 10.1. The molecule has 1 atom stereocenters. The summed E-state index contributed by atoms with van der Waals surface area (Å²) in [5.74, 6) is -0.485. The Labute approximate surface area is 203 Å². The van der Waals surface area contributed by atoms with Gasteiger partial charge in [-0.1, -0.05) is 18.2 Å². The quantitative estimate of drug-likeness (QED) is 0.416. The zero-order valence-corrected chi connectivity index (χ0v) is 19.4. The number of carbonyl (C=O) groups excluding carboxylic acids is 1. The lowest BCUT2D eigenvalue weighted by Crippen LogP contribution is -2.57. The third-order valence-corrected chi connectivity index (χ3v) is 7.65. The molecule has 1 amide bonds. The van der Waals surface area contributed by atoms with Gasteiger partial charge in [-0.25, -0.2) is 8.42 Å². The van der Waals surface area contributed by atoms with Crippen molar-refractivity contribution in [3.63, 3.8) is 0 Å². The van der Waals surface area contributed by atoms with Gasteiger partial charge in [0.15, 0.2) is 0 Å². The summed E-state index contributed by atoms with van der Waals surface area (Å²) < 4.78 is 70.9. The molecular formula is C24H19F3N4O4S. The SMILES string of the molecule is O=C(NCc1cc(-c2ccc(C(F)(F)F)cn2)ccn1)[C@@H]1CCN1S(=O)(=O)c1cc2ccccc2o1. The summed E-state index contributed by atoms with van der Waals surface area (Å²) in [4.78, 5) is 20.8. The molecule has 0 unspecified atom stereocenters. The molecular weight excluding hydrogens is 497 g/mol. The second kappa shape index (κ2) is 9.03. The lowest BCUT2D eigenvalue weighted by Gasteiger charge is -2.37. The largest absolute Gasteiger partial charge is 0.443 e. The second-order valence-corrected chi connectivity index (χ2v) is 10.0. The van der Waals surface area contributed by atoms with Crippen LogP contribution < -0.4 is 5.32 Å². The average Bonchev–Trinajstić information content (AvgIpc) is 3.27. The van der Waals surface area contributed by atoms with Crippen LogP contribution in [0, 0.1) is 0 Å². The number of nitrogens with one attached hydrogen (secondary N) is 1. The molecule has 1 aromatic carbocycles. The Morgan fingerprint density at radius 2 is 1.92 bits per heavy atom. The third kappa shape index (κ3) is 4.56. The molecule has 3 aromatic heterocycles. The highest BCUT2D eigenvalue weighted by Crippen LogP contribution is 2.31. The van der Waals surface area contributed by atoms with Crippen LogP contribution >= 0.6 is 0 Å². The highest BCUT2D eigenvalue weighted by Gasteiger charge is 2.44. The Balaban J connectivity index is 1.25. The molecule has 1 saturated heterocycles. The summed E-state index contributed by atoms with van der Waals surface area (Å²) in [6.07, 6.45) is -1.91. The molecule has 1 aliphatic heterocycles. The Hall–Kier alpha value is -3.77. The van der Waals surface area contributed by atoms with Crippen LogP contribution in [-0.4, -0.2) is 41.2 Å². The maximum absolute atomic E-state index is 13.0. The maximum atomic E-state index is 13.0. The molecule has 5 rings (SSSR count). The smallest absolute Gasteiger partial charge is 0.417 e. The first kappa shape index (κ1) is 23.9. The van der Waals surface area contributed by atoms with Gasteiger partial charge in [0.25, 0.3) is 10.0 Å². The van der Waals surface area contributed by atoms with Crippen molar-refractivity contribution >= 4 is 26.9 Å². The van der Waals surface area contributed by atoms with E-state index in [1.807, 2.05) is 0 Å². The van der Waals surface area contributed by atoms with E-state index in [2.05, 4.69) is 15.3 Å². The lowest BCUT2D eigenvalue weighted by molar-refractivity contribution is -0.137. The number of furan rings is 1. The van der Waals surface area contributed by atoms with E-state index in [1.54, 1.807) is 36.4 Å². The van der Waals surface area contributed by atoms with Crippen molar-refractivity contribution in [1.82, 2.24) is 19.6 Å². The summed E-state index contributed by atoms with van der Waals surface area (Å²) in [7, 11) is -4.00. The van der Waals surface area contributed by atoms with E-state index in [4.69, 9.17) is 4.42 Å². The molecule has 1 N–H and O–H groups in total. The molecule has 0 radical (unpaired) electrons. The minimum absolute atomic E-state index is 0.00231. The number of halogens is 3. The third-order valence-electron chi connectivity index (χ3n) is 5.89. The molecule has 0 spiro atoms. The summed E-state index contributed by atoms with van der Waals surface area (Å²) >= 11 is 0. The number of benzene rings is 1. The van der Waals surface area contributed by atoms with Crippen LogP contribution in [0.25, 0.3) is 22.2 Å². The number of sulfonamides is 1. The van der Waals surface area contributed by atoms with Crippen LogP contribution in [0.2, 0.25) is 0 Å². The second-order valence-electron chi connectivity index (χ2n) is 8.21. The first-order valence-electron chi connectivity index (χ1n) is 10.9. The van der Waals surface area contributed by atoms with Gasteiger partial charge >= 0.3 is 6.18 Å². The number of amides is 1. The number of hydrogen-bond donors (Lipinski definition) is 1. The van der Waals surface area contributed by atoms with E-state index < -0.39 is 33.7 Å². The molecule has 12 heteroatoms. The number of pyridine rings is 2. The van der Waals surface area contributed by atoms with Gasteiger partial charge in [0.2, 0.25) is 11.0 Å². The molecule has 1 fully saturated rings. The summed E-state index contributed by atoms with van der Waals surface area (Å²) in [6.45, 7) is 0.188. The number of alkyl halides is 3. The van der Waals surface area contributed by atoms with Crippen LogP contribution in [0.1, 0.15) is 17.7 Å². The number of fused-ring (bicyclic) bond motifs is 1. The van der Waals surface area contributed by atoms with Gasteiger partial charge in [-0.2, -0.15) is 17.5 Å². The number of nitrogens with zero attached hydrogens (tertiary/aromatic N) is 3. The van der Waals surface area contributed by atoms with Gasteiger partial charge in [0, 0.05) is 36.0 Å². The van der Waals surface area contributed by atoms with E-state index in [0.29, 0.717) is 34.3 Å². The Bertz CT molecular complexity index is 1500. The normalized spacial score (nSPS) is 16.6. The average molecular weight is 517 g/mol. The van der Waals surface area contributed by atoms with E-state index >= 15 is 0 Å². The molecule has 186 valence electrons. The molecule has 8 nitrogen and oxygen atoms in total. The van der Waals surface area contributed by atoms with Gasteiger partial charge in [-0.3, -0.25) is 14.8 Å². The van der Waals surface area contributed by atoms with Crippen LogP contribution in [0.3, 0.4) is 0 Å². The number of hydrogen-bond acceptors (Lipinski definition) is 6. The summed E-state index contributed by atoms with van der Waals surface area (Å²) in [5.41, 5.74) is 0.871. The van der Waals surface area contributed by atoms with Crippen molar-refractivity contribution in [3.05, 3.63) is 78.2 Å². The highest BCUT2D eigenvalue weighted by atomic mass is 32.2. The van der Waals surface area contributed by atoms with Crippen molar-refractivity contribution < 1.29 is 30.8 Å². The van der Waals surface area contributed by atoms with Gasteiger partial charge < -0.3 is 9.73 Å². The molecule has 4 aromatic rings. The van der Waals surface area contributed by atoms with E-state index in [-0.39, 0.29) is 18.2 Å². The van der Waals surface area contributed by atoms with Crippen LogP contribution in [0.5, 0.6) is 0 Å². The zero-order valence-electron chi connectivity index (χ0n) is 18.6. The Morgan fingerprint density at radius 3 is 2.58 bits per heavy atom. The predicted octanol–water partition coefficient (Wildman–Crippen LogP) is 3.99. The molecule has 0 saturated carbocycles. The first-order valence-corrected chi connectivity index (χ1v) is 12.3. The van der Waals surface area contributed by atoms with Crippen molar-refractivity contribution in [1.29, 1.82) is 0 Å². The topological polar surface area (TPSA) is 105 Å². The van der Waals surface area contributed by atoms with Gasteiger partial charge in [0.05, 0.1) is 23.5 Å². The fourth-order valence-corrected chi connectivity index (χ4v) is 5.46. The molecule has 36 heavy (non-hydrogen) atoms. The summed E-state index contributed by atoms with van der Waals surface area (Å²) in [6, 6.07) is 12.8. The zero-order chi connectivity index (χ0) is 25.5. The van der Waals surface area contributed by atoms with Gasteiger partial charge in [0.1, 0.15) is 11.6 Å². The van der Waals surface area contributed by atoms with Crippen LogP contribution in [0.4, 0.5) is 13.2 Å². The van der Waals surface area contributed by atoms with Gasteiger partial charge in [-0.05, 0) is 36.8 Å². The maximum Gasteiger partial charge on any atom is 0.417 e. The van der Waals surface area contributed by atoms with Crippen molar-refractivity contribution in [2.75, 3.05) is 6.54 Å². The van der Waals surface area contributed by atoms with Crippen LogP contribution in [-0.2, 0) is 27.5 Å². The van der Waals surface area contributed by atoms with E-state index in [0.717, 1.165) is 16.6 Å². The van der Waals surface area contributed by atoms with Gasteiger partial charge in [-0.15, -0.1) is 0 Å². The van der Waals surface area contributed by atoms with Crippen molar-refractivity contribution in [2.24, 2.45) is 0 Å². The minimum Gasteiger partial charge on any atom is -0.443 e. The van der Waals surface area contributed by atoms with Crippen LogP contribution in [0.15, 0.2) is 76.5 Å². The summed E-state index contributed by atoms with van der Waals surface area (Å²) in [5, 5.41) is 3.10. The molecule has 0 bridgehead atoms. The highest BCUT2D eigenvalue weighted by molar-refractivity contribution is 7.89. The fraction of sp³-hybridized carbons (Fsp3) is 0.208. The standard InChI is InChI=1S/C24H19F3N4O4S/c25-24(26,27)17-5-6-19(29-13-17)15-7-9-28-18(11-15)14-30-23(32)20-8-10-31(20)36(33,34)22-12-16-3-1-2-4-21(16)35-22/h1-7,9,11-13,20H,8,10,14H2,(H,30,32)/t20-/m0/s1. The number of para-hydroxylation sites is 1. The monoisotopic (exact) mass is 516 g/mol. The number of rotatable bonds is 6. The number of carbonyl (C=O) groups is 1. The molecule has 1 aliphatic rings. The fourth-order valence-electron chi connectivity index (χ4n) is 3.88. The van der Waals surface area contributed by atoms with Crippen molar-refractivity contribution in [2.45, 2.75) is 30.3 Å². The van der Waals surface area contributed by atoms with Crippen molar-refractivity contribution in [3.8, 4) is 11.3 Å². The molecule has 4 heterocycles. The minimum atomic E-state index is -4.48. The van der Waals surface area contributed by atoms with E-state index in [9.17, 15) is 26.4 Å². The Kier molecular flexibility index (Phi) is 6.00. The number of aromatic nitrogens is 2. The Morgan fingerprint density at radius 1 is 1.11 bits per heavy atom.